The topological polar surface area (TPSA) is 189 Å². The van der Waals surface area contributed by atoms with Gasteiger partial charge in [-0.3, -0.25) is 18.6 Å². The Balaban J connectivity index is 4.68. The number of aliphatic hydroxyl groups excluding tert-OH is 4. The van der Waals surface area contributed by atoms with Crippen LogP contribution >= 0.6 is 7.82 Å². The summed E-state index contributed by atoms with van der Waals surface area (Å²) in [5.74, 6) is -1.33. The summed E-state index contributed by atoms with van der Waals surface area (Å²) in [6, 6.07) is 0. The number of hydrogen-bond acceptors (Lipinski definition) is 11. The Bertz CT molecular complexity index is 1460. The van der Waals surface area contributed by atoms with Crippen molar-refractivity contribution >= 4 is 19.8 Å². The summed E-state index contributed by atoms with van der Waals surface area (Å²) in [6.07, 6.45) is 46.4. The quantitative estimate of drug-likeness (QED) is 0.0225. The van der Waals surface area contributed by atoms with Crippen molar-refractivity contribution in [2.45, 2.75) is 141 Å². The van der Waals surface area contributed by atoms with Gasteiger partial charge in [-0.15, -0.1) is 0 Å². The highest BCUT2D eigenvalue weighted by molar-refractivity contribution is 7.47. The van der Waals surface area contributed by atoms with Crippen LogP contribution in [0.1, 0.15) is 117 Å². The minimum Gasteiger partial charge on any atom is -0.462 e. The third-order valence-electron chi connectivity index (χ3n) is 8.33. The fraction of sp³-hybridized carbons (Fsp3) is 0.542. The van der Waals surface area contributed by atoms with E-state index in [2.05, 4.69) is 103 Å². The molecule has 0 aliphatic heterocycles. The van der Waals surface area contributed by atoms with Crippen molar-refractivity contribution in [2.75, 3.05) is 26.4 Å². The number of phosphoric acid groups is 1. The first-order valence-corrected chi connectivity index (χ1v) is 23.2. The van der Waals surface area contributed by atoms with Gasteiger partial charge in [0.15, 0.2) is 6.10 Å². The highest BCUT2D eigenvalue weighted by Gasteiger charge is 2.27. The number of esters is 2. The average molecular weight is 875 g/mol. The first kappa shape index (κ1) is 57.3. The molecule has 0 amide bonds. The highest BCUT2D eigenvalue weighted by Crippen LogP contribution is 2.43. The predicted octanol–water partition coefficient (Wildman–Crippen LogP) is 9.49. The lowest BCUT2D eigenvalue weighted by Crippen LogP contribution is -2.30. The monoisotopic (exact) mass is 874 g/mol. The SMILES string of the molecule is CC/C=C\C/C=C\C/C=C\C/C=C\C/C=C\C/C=C\CCC(=O)O[C@H](COC(=O)CCC[C@H](O)[C@@H](O)C/C=C\C/C=C\C/C=C\C/C=C\CC)COP(=O)(O)OC[C@@H](O)CO. The summed E-state index contributed by atoms with van der Waals surface area (Å²) in [7, 11) is -4.72. The summed E-state index contributed by atoms with van der Waals surface area (Å²) >= 11 is 0. The maximum absolute atomic E-state index is 12.6. The van der Waals surface area contributed by atoms with E-state index in [1.807, 2.05) is 30.4 Å². The van der Waals surface area contributed by atoms with Crippen molar-refractivity contribution in [3.63, 3.8) is 0 Å². The maximum Gasteiger partial charge on any atom is 0.472 e. The van der Waals surface area contributed by atoms with Crippen molar-refractivity contribution in [1.29, 1.82) is 0 Å². The minimum absolute atomic E-state index is 0.0102. The molecule has 0 rings (SSSR count). The second kappa shape index (κ2) is 41.6. The lowest BCUT2D eigenvalue weighted by molar-refractivity contribution is -0.161. The summed E-state index contributed by atoms with van der Waals surface area (Å²) in [5.41, 5.74) is 0. The molecule has 61 heavy (non-hydrogen) atoms. The number of aliphatic hydroxyl groups is 4. The van der Waals surface area contributed by atoms with Gasteiger partial charge in [0, 0.05) is 12.8 Å². The number of allylic oxidation sites excluding steroid dienone is 19. The van der Waals surface area contributed by atoms with Gasteiger partial charge in [0.25, 0.3) is 0 Å². The molecule has 344 valence electrons. The molecule has 0 radical (unpaired) electrons. The van der Waals surface area contributed by atoms with Gasteiger partial charge < -0.3 is 34.8 Å². The van der Waals surface area contributed by atoms with Gasteiger partial charge in [0.05, 0.1) is 32.0 Å². The fourth-order valence-corrected chi connectivity index (χ4v) is 5.72. The zero-order valence-electron chi connectivity index (χ0n) is 36.5. The second-order valence-corrected chi connectivity index (χ2v) is 15.4. The molecule has 13 heteroatoms. The molecule has 0 spiro atoms. The number of hydrogen-bond donors (Lipinski definition) is 5. The molecule has 0 saturated heterocycles. The summed E-state index contributed by atoms with van der Waals surface area (Å²) in [4.78, 5) is 35.0. The molecule has 0 aliphatic carbocycles. The third-order valence-corrected chi connectivity index (χ3v) is 9.28. The Hall–Kier alpha value is -3.71. The van der Waals surface area contributed by atoms with Crippen LogP contribution in [0, 0.1) is 0 Å². The first-order valence-electron chi connectivity index (χ1n) is 21.7. The molecule has 5 N–H and O–H groups in total. The molecule has 1 unspecified atom stereocenters. The van der Waals surface area contributed by atoms with E-state index in [1.165, 1.54) is 0 Å². The molecule has 0 aliphatic rings. The van der Waals surface area contributed by atoms with Gasteiger partial charge in [-0.1, -0.05) is 135 Å². The average Bonchev–Trinajstić information content (AvgIpc) is 3.24. The van der Waals surface area contributed by atoms with Crippen LogP contribution in [0.5, 0.6) is 0 Å². The molecule has 0 fully saturated rings. The lowest BCUT2D eigenvalue weighted by Gasteiger charge is -2.20. The van der Waals surface area contributed by atoms with E-state index in [0.29, 0.717) is 19.3 Å². The van der Waals surface area contributed by atoms with Crippen molar-refractivity contribution in [3.8, 4) is 0 Å². The van der Waals surface area contributed by atoms with Gasteiger partial charge in [0.2, 0.25) is 0 Å². The van der Waals surface area contributed by atoms with E-state index in [4.69, 9.17) is 19.1 Å². The predicted molar refractivity (Wildman–Crippen MR) is 244 cm³/mol. The maximum atomic E-state index is 12.6. The molecule has 0 aromatic carbocycles. The van der Waals surface area contributed by atoms with E-state index < -0.39 is 70.6 Å². The van der Waals surface area contributed by atoms with Crippen LogP contribution in [0.2, 0.25) is 0 Å². The van der Waals surface area contributed by atoms with E-state index in [0.717, 1.165) is 51.4 Å². The minimum atomic E-state index is -4.72. The number of ether oxygens (including phenoxy) is 2. The molecule has 0 saturated carbocycles. The Labute approximate surface area is 365 Å². The van der Waals surface area contributed by atoms with Crippen molar-refractivity contribution in [3.05, 3.63) is 122 Å². The lowest BCUT2D eigenvalue weighted by atomic mass is 10.0. The van der Waals surface area contributed by atoms with E-state index in [9.17, 15) is 34.4 Å². The summed E-state index contributed by atoms with van der Waals surface area (Å²) < 4.78 is 32.4. The van der Waals surface area contributed by atoms with Crippen LogP contribution in [0.25, 0.3) is 0 Å². The Morgan fingerprint density at radius 1 is 0.541 bits per heavy atom. The molecule has 0 bridgehead atoms. The van der Waals surface area contributed by atoms with Gasteiger partial charge in [-0.2, -0.15) is 0 Å². The zero-order chi connectivity index (χ0) is 45.1. The van der Waals surface area contributed by atoms with Crippen LogP contribution < -0.4 is 0 Å². The van der Waals surface area contributed by atoms with Crippen LogP contribution in [0.4, 0.5) is 0 Å². The van der Waals surface area contributed by atoms with Crippen molar-refractivity contribution in [1.82, 2.24) is 0 Å². The second-order valence-electron chi connectivity index (χ2n) is 13.9. The Morgan fingerprint density at radius 2 is 0.967 bits per heavy atom. The van der Waals surface area contributed by atoms with E-state index in [1.54, 1.807) is 6.08 Å². The Morgan fingerprint density at radius 3 is 1.43 bits per heavy atom. The smallest absolute Gasteiger partial charge is 0.462 e. The van der Waals surface area contributed by atoms with Crippen molar-refractivity contribution in [2.24, 2.45) is 0 Å². The highest BCUT2D eigenvalue weighted by atomic mass is 31.2. The Kier molecular flexibility index (Phi) is 39.1. The molecular formula is C48H75O12P. The number of phosphoric ester groups is 1. The van der Waals surface area contributed by atoms with Crippen LogP contribution in [0.15, 0.2) is 122 Å². The number of carbonyl (C=O) groups is 2. The molecule has 0 aromatic rings. The number of carbonyl (C=O) groups excluding carboxylic acids is 2. The molecule has 0 aromatic heterocycles. The van der Waals surface area contributed by atoms with Crippen LogP contribution in [-0.4, -0.2) is 88.1 Å². The fourth-order valence-electron chi connectivity index (χ4n) is 4.93. The van der Waals surface area contributed by atoms with Crippen molar-refractivity contribution < 1.29 is 58.0 Å². The normalized spacial score (nSPS) is 16.0. The van der Waals surface area contributed by atoms with Crippen LogP contribution in [-0.2, 0) is 32.7 Å². The first-order chi connectivity index (χ1) is 29.5. The molecular weight excluding hydrogens is 799 g/mol. The van der Waals surface area contributed by atoms with Gasteiger partial charge in [-0.05, 0) is 89.9 Å². The summed E-state index contributed by atoms with van der Waals surface area (Å²) in [6.45, 7) is 1.70. The number of rotatable bonds is 38. The largest absolute Gasteiger partial charge is 0.472 e. The van der Waals surface area contributed by atoms with Gasteiger partial charge in [-0.25, -0.2) is 4.57 Å². The summed E-state index contributed by atoms with van der Waals surface area (Å²) in [5, 5.41) is 39.0. The van der Waals surface area contributed by atoms with E-state index in [-0.39, 0.29) is 32.1 Å². The third kappa shape index (κ3) is 40.1. The van der Waals surface area contributed by atoms with Gasteiger partial charge in [0.1, 0.15) is 12.7 Å². The van der Waals surface area contributed by atoms with Crippen LogP contribution in [0.3, 0.4) is 0 Å². The molecule has 12 nitrogen and oxygen atoms in total. The zero-order valence-corrected chi connectivity index (χ0v) is 37.4. The van der Waals surface area contributed by atoms with Gasteiger partial charge >= 0.3 is 19.8 Å². The standard InChI is InChI=1S/C48H75O12P/c1-3-5-7-9-11-13-15-17-18-19-20-21-22-23-25-27-29-31-33-37-48(54)60-44(42-59-61(55,56)58-40-43(50)39-49)41-57-47(53)38-34-36-46(52)45(51)35-32-30-28-26-24-16-14-12-10-8-6-4-2/h5-8,11-14,17-18,20-21,23-26,29-32,43-46,49-52H,3-4,9-10,15-16,19,22,27-28,33-42H2,1-2H3,(H,55,56)/b7-5-,8-6-,13-11-,14-12-,18-17-,21-20-,25-23-,26-24-,31-29-,32-30-/t43-,44+,45-,46-/m0/s1. The molecule has 5 atom stereocenters. The van der Waals surface area contributed by atoms with E-state index >= 15 is 0 Å². The molecule has 0 heterocycles.